The second-order valence-electron chi connectivity index (χ2n) is 13.8. The fourth-order valence-corrected chi connectivity index (χ4v) is 7.24. The molecule has 0 aliphatic carbocycles. The molecule has 2 aromatic carbocycles. The van der Waals surface area contributed by atoms with Crippen LogP contribution in [0.3, 0.4) is 0 Å². The smallest absolute Gasteiger partial charge is 0.223 e. The van der Waals surface area contributed by atoms with Crippen LogP contribution in [0.2, 0.25) is 0 Å². The Balaban J connectivity index is 1.13. The summed E-state index contributed by atoms with van der Waals surface area (Å²) in [7, 11) is 0. The lowest BCUT2D eigenvalue weighted by molar-refractivity contribution is -0.128. The quantitative estimate of drug-likeness (QED) is 0.204. The zero-order chi connectivity index (χ0) is 31.6. The van der Waals surface area contributed by atoms with Gasteiger partial charge in [-0.25, -0.2) is 0 Å². The Morgan fingerprint density at radius 2 is 1.72 bits per heavy atom. The van der Waals surface area contributed by atoms with E-state index in [0.29, 0.717) is 36.8 Å². The van der Waals surface area contributed by atoms with Gasteiger partial charge in [0, 0.05) is 73.1 Å². The van der Waals surface area contributed by atoms with Gasteiger partial charge in [0.1, 0.15) is 11.5 Å². The van der Waals surface area contributed by atoms with Gasteiger partial charge in [0.25, 0.3) is 0 Å². The number of hydrogen-bond acceptors (Lipinski definition) is 7. The van der Waals surface area contributed by atoms with Crippen LogP contribution in [0.5, 0.6) is 11.5 Å². The summed E-state index contributed by atoms with van der Waals surface area (Å²) in [5, 5.41) is 11.0. The second-order valence-corrected chi connectivity index (χ2v) is 13.8. The van der Waals surface area contributed by atoms with E-state index in [1.54, 1.807) is 0 Å². The fraction of sp³-hybridized carbons (Fsp3) is 0.474. The van der Waals surface area contributed by atoms with Gasteiger partial charge in [0.05, 0.1) is 11.4 Å². The molecule has 8 heteroatoms. The fourth-order valence-electron chi connectivity index (χ4n) is 7.24. The van der Waals surface area contributed by atoms with E-state index >= 15 is 0 Å². The number of benzene rings is 2. The first kappa shape index (κ1) is 30.8. The van der Waals surface area contributed by atoms with Crippen molar-refractivity contribution in [1.29, 1.82) is 0 Å². The third-order valence-corrected chi connectivity index (χ3v) is 10.0. The number of rotatable bonds is 8. The average Bonchev–Trinajstić information content (AvgIpc) is 3.41. The summed E-state index contributed by atoms with van der Waals surface area (Å²) >= 11 is 0. The topological polar surface area (TPSA) is 80.7 Å². The van der Waals surface area contributed by atoms with E-state index in [1.807, 2.05) is 47.5 Å². The lowest BCUT2D eigenvalue weighted by Gasteiger charge is -2.39. The molecule has 4 aromatic rings. The van der Waals surface area contributed by atoms with E-state index < -0.39 is 0 Å². The minimum Gasteiger partial charge on any atom is -0.457 e. The van der Waals surface area contributed by atoms with Crippen LogP contribution in [-0.2, 0) is 16.1 Å². The lowest BCUT2D eigenvalue weighted by atomic mass is 9.90. The Labute approximate surface area is 272 Å². The highest BCUT2D eigenvalue weighted by atomic mass is 16.5. The molecular weight excluding hydrogens is 574 g/mol. The van der Waals surface area contributed by atoms with E-state index in [9.17, 15) is 4.79 Å². The molecule has 5 heterocycles. The number of hydrogen-bond donors (Lipinski definition) is 0. The Morgan fingerprint density at radius 1 is 0.935 bits per heavy atom. The second kappa shape index (κ2) is 13.5. The van der Waals surface area contributed by atoms with Crippen LogP contribution >= 0.6 is 0 Å². The molecule has 3 saturated heterocycles. The number of piperidine rings is 1. The van der Waals surface area contributed by atoms with Crippen molar-refractivity contribution in [2.75, 3.05) is 32.8 Å². The predicted molar refractivity (Wildman–Crippen MR) is 180 cm³/mol. The molecule has 0 bridgehead atoms. The van der Waals surface area contributed by atoms with Gasteiger partial charge >= 0.3 is 0 Å². The minimum absolute atomic E-state index is 0.202. The number of fused-ring (bicyclic) bond motifs is 1. The van der Waals surface area contributed by atoms with Gasteiger partial charge in [0.2, 0.25) is 5.91 Å². The maximum atomic E-state index is 12.7. The van der Waals surface area contributed by atoms with E-state index in [1.165, 1.54) is 0 Å². The van der Waals surface area contributed by atoms with Crippen LogP contribution in [0.1, 0.15) is 81.7 Å². The Morgan fingerprint density at radius 3 is 2.39 bits per heavy atom. The largest absolute Gasteiger partial charge is 0.457 e. The van der Waals surface area contributed by atoms with Crippen molar-refractivity contribution in [3.8, 4) is 22.8 Å². The van der Waals surface area contributed by atoms with E-state index in [2.05, 4.69) is 54.1 Å². The molecule has 0 saturated carbocycles. The number of ether oxygens (including phenoxy) is 2. The highest BCUT2D eigenvalue weighted by Crippen LogP contribution is 2.36. The first-order valence-electron chi connectivity index (χ1n) is 17.0. The maximum absolute atomic E-state index is 12.7. The number of likely N-dealkylation sites (tertiary alicyclic amines) is 2. The molecule has 0 N–H and O–H groups in total. The molecule has 3 aliphatic rings. The molecule has 3 fully saturated rings. The van der Waals surface area contributed by atoms with E-state index in [-0.39, 0.29) is 5.91 Å². The van der Waals surface area contributed by atoms with Crippen LogP contribution in [0.25, 0.3) is 22.0 Å². The molecule has 1 unspecified atom stereocenters. The summed E-state index contributed by atoms with van der Waals surface area (Å²) in [6.45, 7) is 11.7. The average molecular weight is 620 g/mol. The van der Waals surface area contributed by atoms with E-state index in [4.69, 9.17) is 14.5 Å². The van der Waals surface area contributed by atoms with Crippen molar-refractivity contribution in [3.05, 3.63) is 77.7 Å². The number of carbonyl (C=O) groups is 1. The van der Waals surface area contributed by atoms with Crippen LogP contribution in [-0.4, -0.2) is 69.8 Å². The highest BCUT2D eigenvalue weighted by molar-refractivity contribution is 5.85. The van der Waals surface area contributed by atoms with Gasteiger partial charge in [-0.1, -0.05) is 20.8 Å². The Hall–Kier alpha value is -3.88. The minimum atomic E-state index is 0.202. The molecule has 1 amide bonds. The standard InChI is InChI=1S/C38H45N5O3/c1-25(2)34-8-9-35(41-40-34)27-4-6-33(7-5-27)46-37-21-29-20-36(28-10-14-42(15-11-28)32-12-16-45-17-13-32)39-22-30(29)19-31(37)24-43-23-26(3)18-38(43)44/h4-9,19-22,25-26,28,32H,10-18,23-24H2,1-3H3. The number of carbonyl (C=O) groups excluding carboxylic acids is 1. The zero-order valence-corrected chi connectivity index (χ0v) is 27.3. The van der Waals surface area contributed by atoms with Gasteiger partial charge in [0.15, 0.2) is 0 Å². The Kier molecular flexibility index (Phi) is 9.00. The maximum Gasteiger partial charge on any atom is 0.223 e. The third-order valence-electron chi connectivity index (χ3n) is 10.0. The van der Waals surface area contributed by atoms with E-state index in [0.717, 1.165) is 109 Å². The van der Waals surface area contributed by atoms with Gasteiger partial charge < -0.3 is 19.3 Å². The zero-order valence-electron chi connectivity index (χ0n) is 27.3. The van der Waals surface area contributed by atoms with Gasteiger partial charge in [-0.05, 0) is 111 Å². The molecule has 240 valence electrons. The molecule has 2 aromatic heterocycles. The Bertz CT molecular complexity index is 1660. The van der Waals surface area contributed by atoms with Crippen molar-refractivity contribution >= 4 is 16.7 Å². The molecule has 0 spiro atoms. The van der Waals surface area contributed by atoms with Gasteiger partial charge in [-0.3, -0.25) is 9.78 Å². The molecular formula is C38H45N5O3. The number of amides is 1. The lowest BCUT2D eigenvalue weighted by Crippen LogP contribution is -2.43. The van der Waals surface area contributed by atoms with Crippen LogP contribution in [0.4, 0.5) is 0 Å². The molecule has 46 heavy (non-hydrogen) atoms. The van der Waals surface area contributed by atoms with Gasteiger partial charge in [-0.2, -0.15) is 10.2 Å². The van der Waals surface area contributed by atoms with Crippen molar-refractivity contribution < 1.29 is 14.3 Å². The molecule has 1 atom stereocenters. The molecule has 8 nitrogen and oxygen atoms in total. The summed E-state index contributed by atoms with van der Waals surface area (Å²) in [6.07, 6.45) is 7.16. The summed E-state index contributed by atoms with van der Waals surface area (Å²) in [5.41, 5.74) is 4.97. The molecule has 3 aliphatic heterocycles. The highest BCUT2D eigenvalue weighted by Gasteiger charge is 2.29. The van der Waals surface area contributed by atoms with Crippen LogP contribution < -0.4 is 4.74 Å². The molecule has 7 rings (SSSR count). The first-order chi connectivity index (χ1) is 22.4. The SMILES string of the molecule is CC1CC(=O)N(Cc2cc3cnc(C4CCN(C5CCOCC5)CC4)cc3cc2Oc2ccc(-c3ccc(C(C)C)nn3)cc2)C1. The summed E-state index contributed by atoms with van der Waals surface area (Å²) < 4.78 is 12.2. The number of nitrogens with zero attached hydrogens (tertiary/aromatic N) is 5. The summed E-state index contributed by atoms with van der Waals surface area (Å²) in [4.78, 5) is 22.3. The number of pyridine rings is 1. The van der Waals surface area contributed by atoms with Crippen molar-refractivity contribution in [2.24, 2.45) is 5.92 Å². The molecule has 0 radical (unpaired) electrons. The summed E-state index contributed by atoms with van der Waals surface area (Å²) in [5.74, 6) is 2.89. The number of aromatic nitrogens is 3. The normalized spacial score (nSPS) is 20.2. The predicted octanol–water partition coefficient (Wildman–Crippen LogP) is 7.33. The van der Waals surface area contributed by atoms with Gasteiger partial charge in [-0.15, -0.1) is 0 Å². The van der Waals surface area contributed by atoms with Crippen LogP contribution in [0, 0.1) is 5.92 Å². The van der Waals surface area contributed by atoms with Crippen LogP contribution in [0.15, 0.2) is 60.8 Å². The summed E-state index contributed by atoms with van der Waals surface area (Å²) in [6, 6.07) is 19.3. The van der Waals surface area contributed by atoms with Crippen molar-refractivity contribution in [1.82, 2.24) is 25.0 Å². The van der Waals surface area contributed by atoms with Crippen molar-refractivity contribution in [2.45, 2.75) is 77.3 Å². The third kappa shape index (κ3) is 6.79. The monoisotopic (exact) mass is 619 g/mol. The first-order valence-corrected chi connectivity index (χ1v) is 17.0. The van der Waals surface area contributed by atoms with Crippen molar-refractivity contribution in [3.63, 3.8) is 0 Å².